The van der Waals surface area contributed by atoms with Crippen molar-refractivity contribution in [1.29, 1.82) is 0 Å². The summed E-state index contributed by atoms with van der Waals surface area (Å²) < 4.78 is 40.2. The molecule has 0 saturated heterocycles. The molecule has 0 atom stereocenters. The molecule has 3 amide bonds. The van der Waals surface area contributed by atoms with E-state index in [9.17, 15) is 27.6 Å². The molecule has 0 saturated carbocycles. The molecule has 30 heavy (non-hydrogen) atoms. The van der Waals surface area contributed by atoms with E-state index in [2.05, 4.69) is 15.7 Å². The first-order valence-electron chi connectivity index (χ1n) is 8.93. The van der Waals surface area contributed by atoms with Crippen molar-refractivity contribution in [1.82, 2.24) is 5.01 Å². The molecule has 1 heterocycles. The Balaban J connectivity index is 1.80. The van der Waals surface area contributed by atoms with E-state index in [1.54, 1.807) is 0 Å². The second-order valence-electron chi connectivity index (χ2n) is 6.57. The fourth-order valence-corrected chi connectivity index (χ4v) is 2.79. The van der Waals surface area contributed by atoms with Crippen molar-refractivity contribution in [3.05, 3.63) is 59.4 Å². The van der Waals surface area contributed by atoms with Crippen molar-refractivity contribution in [2.24, 2.45) is 5.10 Å². The van der Waals surface area contributed by atoms with Crippen molar-refractivity contribution in [2.75, 3.05) is 10.6 Å². The second kappa shape index (κ2) is 8.76. The quantitative estimate of drug-likeness (QED) is 0.782. The molecule has 156 valence electrons. The Hall–Kier alpha value is -3.69. The Morgan fingerprint density at radius 1 is 1.00 bits per heavy atom. The fourth-order valence-electron chi connectivity index (χ4n) is 2.79. The van der Waals surface area contributed by atoms with Gasteiger partial charge in [-0.05, 0) is 17.7 Å². The normalized spacial score (nSPS) is 13.7. The SMILES string of the molecule is CC(=O)Nc1cc(F)c(F)cc1NC(=O)C1=NN(Cc2ccc(F)cc2)C(=O)CC1. The number of rotatable bonds is 5. The van der Waals surface area contributed by atoms with Gasteiger partial charge in [0.05, 0.1) is 17.9 Å². The molecule has 0 aliphatic carbocycles. The third kappa shape index (κ3) is 5.02. The van der Waals surface area contributed by atoms with E-state index in [0.29, 0.717) is 5.56 Å². The molecule has 0 spiro atoms. The van der Waals surface area contributed by atoms with Crippen molar-refractivity contribution < 1.29 is 27.6 Å². The van der Waals surface area contributed by atoms with Crippen LogP contribution < -0.4 is 10.6 Å². The number of carbonyl (C=O) groups excluding carboxylic acids is 3. The van der Waals surface area contributed by atoms with E-state index in [-0.39, 0.29) is 42.4 Å². The van der Waals surface area contributed by atoms with Crippen LogP contribution in [0, 0.1) is 17.5 Å². The summed E-state index contributed by atoms with van der Waals surface area (Å²) in [6, 6.07) is 6.96. The first-order valence-corrected chi connectivity index (χ1v) is 8.93. The maximum atomic E-state index is 13.6. The molecule has 1 aliphatic heterocycles. The van der Waals surface area contributed by atoms with Crippen molar-refractivity contribution >= 4 is 34.8 Å². The summed E-state index contributed by atoms with van der Waals surface area (Å²) in [4.78, 5) is 36.0. The zero-order valence-corrected chi connectivity index (χ0v) is 15.8. The highest BCUT2D eigenvalue weighted by atomic mass is 19.2. The van der Waals surface area contributed by atoms with Crippen LogP contribution >= 0.6 is 0 Å². The van der Waals surface area contributed by atoms with Crippen LogP contribution in [0.1, 0.15) is 25.3 Å². The molecule has 7 nitrogen and oxygen atoms in total. The molecule has 0 bridgehead atoms. The zero-order chi connectivity index (χ0) is 21.8. The summed E-state index contributed by atoms with van der Waals surface area (Å²) in [5.74, 6) is -4.41. The number of hydrogen-bond donors (Lipinski definition) is 2. The van der Waals surface area contributed by atoms with Crippen molar-refractivity contribution in [3.63, 3.8) is 0 Å². The van der Waals surface area contributed by atoms with Gasteiger partial charge in [0.15, 0.2) is 11.6 Å². The highest BCUT2D eigenvalue weighted by Gasteiger charge is 2.25. The van der Waals surface area contributed by atoms with Crippen molar-refractivity contribution in [3.8, 4) is 0 Å². The molecule has 3 rings (SSSR count). The summed E-state index contributed by atoms with van der Waals surface area (Å²) in [5.41, 5.74) is 0.336. The van der Waals surface area contributed by atoms with Gasteiger partial charge in [-0.1, -0.05) is 12.1 Å². The number of hydrazone groups is 1. The Bertz CT molecular complexity index is 1040. The summed E-state index contributed by atoms with van der Waals surface area (Å²) in [6.45, 7) is 1.22. The maximum absolute atomic E-state index is 13.6. The van der Waals surface area contributed by atoms with E-state index in [1.165, 1.54) is 31.2 Å². The molecule has 2 aromatic rings. The Kier molecular flexibility index (Phi) is 6.14. The lowest BCUT2D eigenvalue weighted by Crippen LogP contribution is -2.36. The van der Waals surface area contributed by atoms with Crippen LogP contribution in [0.25, 0.3) is 0 Å². The average Bonchev–Trinajstić information content (AvgIpc) is 2.68. The van der Waals surface area contributed by atoms with Gasteiger partial charge in [-0.3, -0.25) is 14.4 Å². The average molecular weight is 418 g/mol. The van der Waals surface area contributed by atoms with Crippen LogP contribution in [-0.2, 0) is 20.9 Å². The number of halogens is 3. The Morgan fingerprint density at radius 2 is 1.60 bits per heavy atom. The van der Waals surface area contributed by atoms with Crippen LogP contribution in [0.4, 0.5) is 24.5 Å². The molecule has 1 aliphatic rings. The third-order valence-electron chi connectivity index (χ3n) is 4.23. The monoisotopic (exact) mass is 418 g/mol. The van der Waals surface area contributed by atoms with E-state index in [4.69, 9.17) is 0 Å². The lowest BCUT2D eigenvalue weighted by Gasteiger charge is -2.23. The molecule has 0 radical (unpaired) electrons. The lowest BCUT2D eigenvalue weighted by atomic mass is 10.1. The number of amides is 3. The number of anilines is 2. The van der Waals surface area contributed by atoms with E-state index < -0.39 is 29.3 Å². The first-order chi connectivity index (χ1) is 14.2. The van der Waals surface area contributed by atoms with Crippen LogP contribution in [0.15, 0.2) is 41.5 Å². The molecular formula is C20H17F3N4O3. The number of carbonyl (C=O) groups is 3. The lowest BCUT2D eigenvalue weighted by molar-refractivity contribution is -0.132. The van der Waals surface area contributed by atoms with Crippen LogP contribution in [0.2, 0.25) is 0 Å². The predicted octanol–water partition coefficient (Wildman–Crippen LogP) is 3.18. The van der Waals surface area contributed by atoms with Gasteiger partial charge in [-0.2, -0.15) is 5.10 Å². The minimum Gasteiger partial charge on any atom is -0.324 e. The van der Waals surface area contributed by atoms with Crippen LogP contribution in [0.5, 0.6) is 0 Å². The number of nitrogens with zero attached hydrogens (tertiary/aromatic N) is 2. The third-order valence-corrected chi connectivity index (χ3v) is 4.23. The largest absolute Gasteiger partial charge is 0.324 e. The minimum atomic E-state index is -1.21. The molecule has 0 fully saturated rings. The smallest absolute Gasteiger partial charge is 0.271 e. The van der Waals surface area contributed by atoms with Crippen LogP contribution in [-0.4, -0.2) is 28.4 Å². The van der Waals surface area contributed by atoms with Gasteiger partial charge in [-0.15, -0.1) is 0 Å². The van der Waals surface area contributed by atoms with Gasteiger partial charge in [0.2, 0.25) is 11.8 Å². The van der Waals surface area contributed by atoms with Gasteiger partial charge in [0.1, 0.15) is 11.5 Å². The van der Waals surface area contributed by atoms with Gasteiger partial charge >= 0.3 is 0 Å². The summed E-state index contributed by atoms with van der Waals surface area (Å²) in [7, 11) is 0. The fraction of sp³-hybridized carbons (Fsp3) is 0.200. The molecule has 10 heteroatoms. The molecule has 0 unspecified atom stereocenters. The topological polar surface area (TPSA) is 90.9 Å². The summed E-state index contributed by atoms with van der Waals surface area (Å²) >= 11 is 0. The molecular weight excluding hydrogens is 401 g/mol. The van der Waals surface area contributed by atoms with Gasteiger partial charge in [0, 0.05) is 31.9 Å². The minimum absolute atomic E-state index is 0.00443. The first kappa shape index (κ1) is 21.0. The van der Waals surface area contributed by atoms with E-state index in [0.717, 1.165) is 17.1 Å². The number of hydrogen-bond acceptors (Lipinski definition) is 4. The Morgan fingerprint density at radius 3 is 2.20 bits per heavy atom. The van der Waals surface area contributed by atoms with E-state index in [1.807, 2.05) is 0 Å². The standard InChI is InChI=1S/C20H17F3N4O3/c1-11(28)24-17-8-14(22)15(23)9-18(17)25-20(30)16-6-7-19(29)27(26-16)10-12-2-4-13(21)5-3-12/h2-5,8-9H,6-7,10H2,1H3,(H,24,28)(H,25,30). The summed E-state index contributed by atoms with van der Waals surface area (Å²) in [5, 5.41) is 9.82. The number of nitrogens with one attached hydrogen (secondary N) is 2. The Labute approximate surface area is 169 Å². The predicted molar refractivity (Wildman–Crippen MR) is 103 cm³/mol. The maximum Gasteiger partial charge on any atom is 0.271 e. The highest BCUT2D eigenvalue weighted by molar-refractivity contribution is 6.43. The van der Waals surface area contributed by atoms with Gasteiger partial charge in [0.25, 0.3) is 5.91 Å². The van der Waals surface area contributed by atoms with E-state index >= 15 is 0 Å². The molecule has 2 N–H and O–H groups in total. The van der Waals surface area contributed by atoms with Gasteiger partial charge in [-0.25, -0.2) is 18.2 Å². The van der Waals surface area contributed by atoms with Crippen molar-refractivity contribution in [2.45, 2.75) is 26.3 Å². The summed E-state index contributed by atoms with van der Waals surface area (Å²) in [6.07, 6.45) is 0.0630. The molecule has 2 aromatic carbocycles. The van der Waals surface area contributed by atoms with Gasteiger partial charge < -0.3 is 10.6 Å². The zero-order valence-electron chi connectivity index (χ0n) is 15.8. The molecule has 0 aromatic heterocycles. The highest BCUT2D eigenvalue weighted by Crippen LogP contribution is 2.26. The number of benzene rings is 2. The van der Waals surface area contributed by atoms with Crippen LogP contribution in [0.3, 0.4) is 0 Å². The second-order valence-corrected chi connectivity index (χ2v) is 6.57.